The van der Waals surface area contributed by atoms with Gasteiger partial charge in [0, 0.05) is 19.3 Å². The van der Waals surface area contributed by atoms with E-state index in [1.807, 2.05) is 13.8 Å². The van der Waals surface area contributed by atoms with E-state index in [4.69, 9.17) is 9.47 Å². The topological polar surface area (TPSA) is 56.3 Å². The van der Waals surface area contributed by atoms with Crippen molar-refractivity contribution < 1.29 is 18.3 Å². The summed E-state index contributed by atoms with van der Waals surface area (Å²) in [5.41, 5.74) is -0.308. The molecule has 0 unspecified atom stereocenters. The summed E-state index contributed by atoms with van der Waals surface area (Å²) in [6.07, 6.45) is -1.94. The fourth-order valence-electron chi connectivity index (χ4n) is 1.31. The average Bonchev–Trinajstić information content (AvgIpc) is 2.37. The third-order valence-electron chi connectivity index (χ3n) is 2.07. The normalized spacial score (nSPS) is 11.2. The first-order valence-corrected chi connectivity index (χ1v) is 5.74. The molecule has 0 radical (unpaired) electrons. The third kappa shape index (κ3) is 4.89. The second-order valence-corrected chi connectivity index (χ2v) is 3.35. The van der Waals surface area contributed by atoms with Crippen LogP contribution in [0.2, 0.25) is 0 Å². The van der Waals surface area contributed by atoms with Gasteiger partial charge in [-0.1, -0.05) is 0 Å². The lowest BCUT2D eigenvalue weighted by Crippen LogP contribution is -2.26. The highest BCUT2D eigenvalue weighted by Crippen LogP contribution is 2.17. The molecule has 1 rings (SSSR count). The molecular weight excluding hydrogens is 244 g/mol. The number of hydrogen-bond donors (Lipinski definition) is 1. The Balaban J connectivity index is 2.53. The quantitative estimate of drug-likeness (QED) is 0.727. The molecule has 1 aromatic rings. The van der Waals surface area contributed by atoms with Crippen LogP contribution in [-0.4, -0.2) is 36.0 Å². The Morgan fingerprint density at radius 2 is 1.89 bits per heavy atom. The van der Waals surface area contributed by atoms with Gasteiger partial charge in [0.2, 0.25) is 0 Å². The van der Waals surface area contributed by atoms with Crippen molar-refractivity contribution in [3.8, 4) is 0 Å². The van der Waals surface area contributed by atoms with E-state index in [0.717, 1.165) is 6.33 Å². The van der Waals surface area contributed by atoms with Gasteiger partial charge in [-0.25, -0.2) is 18.7 Å². The smallest absolute Gasteiger partial charge is 0.280 e. The molecule has 18 heavy (non-hydrogen) atoms. The van der Waals surface area contributed by atoms with Gasteiger partial charge in [0.1, 0.15) is 17.8 Å². The van der Waals surface area contributed by atoms with Crippen LogP contribution in [0.25, 0.3) is 0 Å². The highest BCUT2D eigenvalue weighted by molar-refractivity contribution is 5.35. The highest BCUT2D eigenvalue weighted by Gasteiger charge is 2.11. The predicted molar refractivity (Wildman–Crippen MR) is 62.5 cm³/mol. The van der Waals surface area contributed by atoms with Gasteiger partial charge in [0.25, 0.3) is 6.43 Å². The number of nitrogens with zero attached hydrogens (tertiary/aromatic N) is 2. The summed E-state index contributed by atoms with van der Waals surface area (Å²) in [5, 5.41) is 2.88. The van der Waals surface area contributed by atoms with Crippen LogP contribution in [0.4, 0.5) is 14.6 Å². The van der Waals surface area contributed by atoms with Crippen LogP contribution in [0, 0.1) is 0 Å². The van der Waals surface area contributed by atoms with Crippen molar-refractivity contribution in [2.75, 3.05) is 25.1 Å². The lowest BCUT2D eigenvalue weighted by molar-refractivity contribution is -0.126. The van der Waals surface area contributed by atoms with Crippen LogP contribution in [0.3, 0.4) is 0 Å². The molecule has 0 amide bonds. The number of rotatable bonds is 8. The second-order valence-electron chi connectivity index (χ2n) is 3.35. The molecule has 0 atom stereocenters. The standard InChI is InChI=1S/C11H17F2N3O2/c1-3-17-10(18-4-2)6-14-9-5-8(11(12)13)15-7-16-9/h5,7,10-11H,3-4,6H2,1-2H3,(H,14,15,16). The maximum Gasteiger partial charge on any atom is 0.280 e. The number of nitrogens with one attached hydrogen (secondary N) is 1. The summed E-state index contributed by atoms with van der Waals surface area (Å²) in [6, 6.07) is 1.21. The van der Waals surface area contributed by atoms with E-state index in [1.165, 1.54) is 6.07 Å². The first kappa shape index (κ1) is 14.7. The maximum atomic E-state index is 12.4. The lowest BCUT2D eigenvalue weighted by Gasteiger charge is -2.17. The van der Waals surface area contributed by atoms with E-state index in [-0.39, 0.29) is 5.69 Å². The molecule has 0 aliphatic heterocycles. The summed E-state index contributed by atoms with van der Waals surface area (Å²) in [6.45, 7) is 5.06. The average molecular weight is 261 g/mol. The molecule has 0 saturated carbocycles. The van der Waals surface area contributed by atoms with E-state index in [2.05, 4.69) is 15.3 Å². The number of alkyl halides is 2. The van der Waals surface area contributed by atoms with Gasteiger partial charge in [0.15, 0.2) is 6.29 Å². The summed E-state index contributed by atoms with van der Waals surface area (Å²) in [7, 11) is 0. The van der Waals surface area contributed by atoms with Crippen molar-refractivity contribution in [1.82, 2.24) is 9.97 Å². The van der Waals surface area contributed by atoms with Gasteiger partial charge >= 0.3 is 0 Å². The van der Waals surface area contributed by atoms with Crippen LogP contribution >= 0.6 is 0 Å². The molecule has 7 heteroatoms. The van der Waals surface area contributed by atoms with Crippen molar-refractivity contribution in [3.05, 3.63) is 18.1 Å². The molecule has 0 aliphatic carbocycles. The lowest BCUT2D eigenvalue weighted by atomic mass is 10.4. The van der Waals surface area contributed by atoms with Crippen molar-refractivity contribution in [3.63, 3.8) is 0 Å². The van der Waals surface area contributed by atoms with E-state index in [1.54, 1.807) is 0 Å². The largest absolute Gasteiger partial charge is 0.365 e. The molecule has 102 valence electrons. The van der Waals surface area contributed by atoms with Gasteiger partial charge in [-0.3, -0.25) is 0 Å². The minimum absolute atomic E-state index is 0.308. The van der Waals surface area contributed by atoms with Gasteiger partial charge in [-0.05, 0) is 13.8 Å². The first-order chi connectivity index (χ1) is 8.67. The Morgan fingerprint density at radius 3 is 2.44 bits per heavy atom. The van der Waals surface area contributed by atoms with Crippen molar-refractivity contribution in [1.29, 1.82) is 0 Å². The summed E-state index contributed by atoms with van der Waals surface area (Å²) in [4.78, 5) is 7.32. The Kier molecular flexibility index (Phi) is 6.45. The summed E-state index contributed by atoms with van der Waals surface area (Å²) >= 11 is 0. The second kappa shape index (κ2) is 7.88. The number of hydrogen-bond acceptors (Lipinski definition) is 5. The van der Waals surface area contributed by atoms with Crippen molar-refractivity contribution in [2.45, 2.75) is 26.6 Å². The zero-order valence-corrected chi connectivity index (χ0v) is 10.4. The van der Waals surface area contributed by atoms with Crippen LogP contribution in [0.15, 0.2) is 12.4 Å². The Morgan fingerprint density at radius 1 is 1.22 bits per heavy atom. The monoisotopic (exact) mass is 261 g/mol. The SMILES string of the molecule is CCOC(CNc1cc(C(F)F)ncn1)OCC. The van der Waals surface area contributed by atoms with Gasteiger partial charge in [0.05, 0.1) is 6.54 Å². The Labute approximate surface area is 105 Å². The number of anilines is 1. The zero-order chi connectivity index (χ0) is 13.4. The molecule has 0 fully saturated rings. The predicted octanol–water partition coefficient (Wildman–Crippen LogP) is 2.23. The fourth-order valence-corrected chi connectivity index (χ4v) is 1.31. The van der Waals surface area contributed by atoms with Gasteiger partial charge in [-0.2, -0.15) is 0 Å². The molecule has 0 saturated heterocycles. The van der Waals surface area contributed by atoms with Crippen LogP contribution < -0.4 is 5.32 Å². The van der Waals surface area contributed by atoms with Crippen LogP contribution in [0.5, 0.6) is 0 Å². The van der Waals surface area contributed by atoms with E-state index < -0.39 is 12.7 Å². The fraction of sp³-hybridized carbons (Fsp3) is 0.636. The third-order valence-corrected chi connectivity index (χ3v) is 2.07. The summed E-state index contributed by atoms with van der Waals surface area (Å²) in [5.74, 6) is 0.324. The Hall–Kier alpha value is -1.34. The molecule has 1 heterocycles. The number of halogens is 2. The number of aromatic nitrogens is 2. The maximum absolute atomic E-state index is 12.4. The zero-order valence-electron chi connectivity index (χ0n) is 10.4. The number of ether oxygens (including phenoxy) is 2. The molecule has 1 aromatic heterocycles. The first-order valence-electron chi connectivity index (χ1n) is 5.74. The highest BCUT2D eigenvalue weighted by atomic mass is 19.3. The van der Waals surface area contributed by atoms with Crippen molar-refractivity contribution >= 4 is 5.82 Å². The van der Waals surface area contributed by atoms with E-state index >= 15 is 0 Å². The van der Waals surface area contributed by atoms with Crippen molar-refractivity contribution in [2.24, 2.45) is 0 Å². The molecule has 0 bridgehead atoms. The minimum Gasteiger partial charge on any atom is -0.365 e. The van der Waals surface area contributed by atoms with E-state index in [0.29, 0.717) is 25.6 Å². The molecule has 0 aromatic carbocycles. The summed E-state index contributed by atoms with van der Waals surface area (Å²) < 4.78 is 35.5. The molecule has 1 N–H and O–H groups in total. The minimum atomic E-state index is -2.61. The van der Waals surface area contributed by atoms with Crippen LogP contribution in [-0.2, 0) is 9.47 Å². The molecule has 0 spiro atoms. The van der Waals surface area contributed by atoms with E-state index in [9.17, 15) is 8.78 Å². The van der Waals surface area contributed by atoms with Gasteiger partial charge in [-0.15, -0.1) is 0 Å². The van der Waals surface area contributed by atoms with Crippen LogP contribution in [0.1, 0.15) is 26.0 Å². The molecule has 5 nitrogen and oxygen atoms in total. The van der Waals surface area contributed by atoms with Gasteiger partial charge < -0.3 is 14.8 Å². The molecule has 0 aliphatic rings. The molecular formula is C11H17F2N3O2. The Bertz CT molecular complexity index is 347.